The van der Waals surface area contributed by atoms with Crippen LogP contribution in [-0.4, -0.2) is 19.6 Å². The van der Waals surface area contributed by atoms with Gasteiger partial charge in [-0.15, -0.1) is 0 Å². The largest absolute Gasteiger partial charge is 0.457 e. The van der Waals surface area contributed by atoms with E-state index < -0.39 is 26.1 Å². The molecule has 134 valence electrons. The number of hydrogen-bond donors (Lipinski definition) is 1. The van der Waals surface area contributed by atoms with Crippen LogP contribution in [0.25, 0.3) is 11.0 Å². The Morgan fingerprint density at radius 1 is 1.19 bits per heavy atom. The van der Waals surface area contributed by atoms with Crippen LogP contribution in [0.2, 0.25) is 0 Å². The summed E-state index contributed by atoms with van der Waals surface area (Å²) in [5.41, 5.74) is -1.58. The van der Waals surface area contributed by atoms with Gasteiger partial charge in [-0.05, 0) is 18.2 Å². The predicted octanol–water partition coefficient (Wildman–Crippen LogP) is 2.87. The highest BCUT2D eigenvalue weighted by atomic mass is 32.2. The van der Waals surface area contributed by atoms with E-state index in [1.807, 2.05) is 0 Å². The molecule has 0 atom stereocenters. The maximum atomic E-state index is 12.3. The van der Waals surface area contributed by atoms with Gasteiger partial charge in [0.2, 0.25) is 10.0 Å². The first-order chi connectivity index (χ1) is 12.2. The quantitative estimate of drug-likeness (QED) is 0.535. The first-order valence-corrected chi connectivity index (χ1v) is 9.08. The molecule has 0 amide bonds. The molecule has 0 radical (unpaired) electrons. The fourth-order valence-electron chi connectivity index (χ4n) is 2.25. The average Bonchev–Trinajstić information content (AvgIpc) is 2.55. The van der Waals surface area contributed by atoms with Crippen molar-refractivity contribution in [3.05, 3.63) is 69.1 Å². The van der Waals surface area contributed by atoms with Crippen molar-refractivity contribution in [1.29, 1.82) is 0 Å². The molecular weight excluding hydrogens is 364 g/mol. The zero-order valence-corrected chi connectivity index (χ0v) is 14.1. The zero-order chi connectivity index (χ0) is 18.9. The number of nitrogens with one attached hydrogen (secondary N) is 1. The number of sulfonamides is 1. The van der Waals surface area contributed by atoms with Gasteiger partial charge in [0.25, 0.3) is 5.43 Å². The van der Waals surface area contributed by atoms with E-state index in [2.05, 4.69) is 4.72 Å². The van der Waals surface area contributed by atoms with Gasteiger partial charge in [0.05, 0.1) is 22.3 Å². The lowest BCUT2D eigenvalue weighted by molar-refractivity contribution is -0.386. The molecule has 0 bridgehead atoms. The molecule has 9 nitrogen and oxygen atoms in total. The summed E-state index contributed by atoms with van der Waals surface area (Å²) in [6, 6.07) is 10.9. The molecule has 26 heavy (non-hydrogen) atoms. The van der Waals surface area contributed by atoms with Crippen LogP contribution >= 0.6 is 0 Å². The van der Waals surface area contributed by atoms with Crippen molar-refractivity contribution in [1.82, 2.24) is 0 Å². The van der Waals surface area contributed by atoms with Crippen molar-refractivity contribution in [2.75, 3.05) is 11.0 Å². The normalized spacial score (nSPS) is 11.3. The Kier molecular flexibility index (Phi) is 4.34. The third kappa shape index (κ3) is 3.64. The second-order valence-electron chi connectivity index (χ2n) is 5.34. The highest BCUT2D eigenvalue weighted by molar-refractivity contribution is 7.92. The Labute approximate surface area is 147 Å². The van der Waals surface area contributed by atoms with Crippen molar-refractivity contribution in [2.45, 2.75) is 0 Å². The van der Waals surface area contributed by atoms with E-state index in [9.17, 15) is 23.3 Å². The van der Waals surface area contributed by atoms with Crippen LogP contribution in [0.5, 0.6) is 11.5 Å². The monoisotopic (exact) mass is 376 g/mol. The van der Waals surface area contributed by atoms with E-state index in [0.29, 0.717) is 12.0 Å². The molecule has 0 aliphatic carbocycles. The molecule has 1 aromatic heterocycles. The van der Waals surface area contributed by atoms with Gasteiger partial charge in [-0.1, -0.05) is 18.2 Å². The van der Waals surface area contributed by atoms with E-state index in [1.165, 1.54) is 12.1 Å². The molecule has 0 spiro atoms. The van der Waals surface area contributed by atoms with Crippen LogP contribution in [0.1, 0.15) is 0 Å². The molecule has 2 aromatic carbocycles. The average molecular weight is 376 g/mol. The number of ether oxygens (including phenoxy) is 1. The van der Waals surface area contributed by atoms with Crippen molar-refractivity contribution >= 4 is 32.4 Å². The van der Waals surface area contributed by atoms with Crippen molar-refractivity contribution in [3.8, 4) is 11.5 Å². The molecule has 3 rings (SSSR count). The topological polar surface area (TPSA) is 129 Å². The first-order valence-electron chi connectivity index (χ1n) is 7.19. The van der Waals surface area contributed by atoms with E-state index in [4.69, 9.17) is 9.15 Å². The number of benzene rings is 2. The van der Waals surface area contributed by atoms with Gasteiger partial charge >= 0.3 is 5.69 Å². The molecule has 0 unspecified atom stereocenters. The number of nitrogens with zero attached hydrogens (tertiary/aromatic N) is 1. The van der Waals surface area contributed by atoms with Crippen molar-refractivity contribution < 1.29 is 22.5 Å². The van der Waals surface area contributed by atoms with Crippen molar-refractivity contribution in [3.63, 3.8) is 0 Å². The fourth-order valence-corrected chi connectivity index (χ4v) is 2.81. The lowest BCUT2D eigenvalue weighted by Crippen LogP contribution is -2.12. The summed E-state index contributed by atoms with van der Waals surface area (Å²) in [7, 11) is -3.65. The molecule has 10 heteroatoms. The van der Waals surface area contributed by atoms with E-state index >= 15 is 0 Å². The minimum absolute atomic E-state index is 0.00178. The summed E-state index contributed by atoms with van der Waals surface area (Å²) in [5.74, 6) is 0.389. The summed E-state index contributed by atoms with van der Waals surface area (Å²) in [5, 5.41) is 10.8. The smallest absolute Gasteiger partial charge is 0.351 e. The summed E-state index contributed by atoms with van der Waals surface area (Å²) < 4.78 is 36.2. The zero-order valence-electron chi connectivity index (χ0n) is 13.3. The van der Waals surface area contributed by atoms with Crippen LogP contribution in [0.15, 0.2) is 57.9 Å². The number of hydrogen-bond acceptors (Lipinski definition) is 7. The lowest BCUT2D eigenvalue weighted by Gasteiger charge is -2.13. The van der Waals surface area contributed by atoms with Gasteiger partial charge in [-0.25, -0.2) is 8.42 Å². The molecule has 0 saturated heterocycles. The molecule has 0 fully saturated rings. The molecule has 3 aromatic rings. The molecule has 1 N–H and O–H groups in total. The Hall–Kier alpha value is -3.40. The van der Waals surface area contributed by atoms with Crippen LogP contribution in [-0.2, 0) is 10.0 Å². The number of anilines is 1. The van der Waals surface area contributed by atoms with E-state index in [0.717, 1.165) is 6.26 Å². The Bertz CT molecular complexity index is 1150. The van der Waals surface area contributed by atoms with Gasteiger partial charge < -0.3 is 9.15 Å². The summed E-state index contributed by atoms with van der Waals surface area (Å²) in [6.07, 6.45) is 1.67. The Balaban J connectivity index is 2.23. The van der Waals surface area contributed by atoms with Gasteiger partial charge in [0.15, 0.2) is 12.0 Å². The Morgan fingerprint density at radius 3 is 2.50 bits per heavy atom. The SMILES string of the molecule is CS(=O)(=O)Nc1cc2occ([N+](=O)[O-])c(=O)c2cc1Oc1ccccc1. The second kappa shape index (κ2) is 6.48. The minimum Gasteiger partial charge on any atom is -0.457 e. The first kappa shape index (κ1) is 17.4. The maximum absolute atomic E-state index is 12.3. The summed E-state index contributed by atoms with van der Waals surface area (Å²) in [6.45, 7) is 0. The van der Waals surface area contributed by atoms with Gasteiger partial charge in [0, 0.05) is 6.07 Å². The fraction of sp³-hybridized carbons (Fsp3) is 0.0625. The second-order valence-corrected chi connectivity index (χ2v) is 7.09. The number of nitro groups is 1. The van der Waals surface area contributed by atoms with E-state index in [-0.39, 0.29) is 22.4 Å². The van der Waals surface area contributed by atoms with Crippen LogP contribution < -0.4 is 14.9 Å². The maximum Gasteiger partial charge on any atom is 0.351 e. The molecular formula is C16H12N2O7S. The van der Waals surface area contributed by atoms with Gasteiger partial charge in [-0.3, -0.25) is 19.6 Å². The van der Waals surface area contributed by atoms with Crippen molar-refractivity contribution in [2.24, 2.45) is 0 Å². The number of fused-ring (bicyclic) bond motifs is 1. The van der Waals surface area contributed by atoms with Crippen LogP contribution in [0, 0.1) is 10.1 Å². The highest BCUT2D eigenvalue weighted by Gasteiger charge is 2.20. The van der Waals surface area contributed by atoms with Gasteiger partial charge in [0.1, 0.15) is 11.3 Å². The van der Waals surface area contributed by atoms with Gasteiger partial charge in [-0.2, -0.15) is 0 Å². The van der Waals surface area contributed by atoms with Crippen LogP contribution in [0.4, 0.5) is 11.4 Å². The Morgan fingerprint density at radius 2 is 1.88 bits per heavy atom. The lowest BCUT2D eigenvalue weighted by atomic mass is 10.2. The van der Waals surface area contributed by atoms with E-state index in [1.54, 1.807) is 30.3 Å². The summed E-state index contributed by atoms with van der Waals surface area (Å²) in [4.78, 5) is 22.3. The standard InChI is InChI=1S/C16H12N2O7S/c1-26(22,23)17-12-8-14-11(16(19)13(9-24-14)18(20)21)7-15(12)25-10-5-3-2-4-6-10/h2-9,17H,1H3. The molecule has 1 heterocycles. The number of rotatable bonds is 5. The molecule has 0 aliphatic heterocycles. The minimum atomic E-state index is -3.65. The number of para-hydroxylation sites is 1. The predicted molar refractivity (Wildman–Crippen MR) is 94.1 cm³/mol. The highest BCUT2D eigenvalue weighted by Crippen LogP contribution is 2.34. The molecule has 0 saturated carbocycles. The van der Waals surface area contributed by atoms with Crippen LogP contribution in [0.3, 0.4) is 0 Å². The summed E-state index contributed by atoms with van der Waals surface area (Å²) >= 11 is 0. The molecule has 0 aliphatic rings. The third-order valence-electron chi connectivity index (χ3n) is 3.32. The third-order valence-corrected chi connectivity index (χ3v) is 3.91.